The maximum atomic E-state index is 12.9. The van der Waals surface area contributed by atoms with E-state index in [0.29, 0.717) is 77.8 Å². The molecule has 3 unspecified atom stereocenters. The van der Waals surface area contributed by atoms with Crippen LogP contribution in [0, 0.1) is 10.8 Å². The van der Waals surface area contributed by atoms with Gasteiger partial charge < -0.3 is 28.4 Å². The average molecular weight is 935 g/mol. The lowest BCUT2D eigenvalue weighted by molar-refractivity contribution is -0.395. The highest BCUT2D eigenvalue weighted by atomic mass is 16.7. The van der Waals surface area contributed by atoms with E-state index >= 15 is 0 Å². The van der Waals surface area contributed by atoms with Crippen molar-refractivity contribution in [3.8, 4) is 0 Å². The van der Waals surface area contributed by atoms with Crippen LogP contribution < -0.4 is 0 Å². The predicted molar refractivity (Wildman–Crippen MR) is 259 cm³/mol. The van der Waals surface area contributed by atoms with Gasteiger partial charge >= 0.3 is 11.9 Å². The largest absolute Gasteiger partial charge is 0.465 e. The zero-order valence-corrected chi connectivity index (χ0v) is 43.3. The first-order chi connectivity index (χ1) is 31.6. The first kappa shape index (κ1) is 53.4. The molecule has 12 nitrogen and oxygen atoms in total. The molecule has 67 heavy (non-hydrogen) atoms. The molecule has 4 heterocycles. The van der Waals surface area contributed by atoms with Crippen LogP contribution in [0.4, 0.5) is 0 Å². The van der Waals surface area contributed by atoms with Crippen molar-refractivity contribution >= 4 is 11.9 Å². The minimum atomic E-state index is -0.744. The Labute approximate surface area is 403 Å². The van der Waals surface area contributed by atoms with Gasteiger partial charge in [-0.1, -0.05) is 108 Å². The molecule has 2 spiro atoms. The Balaban J connectivity index is 0.861. The van der Waals surface area contributed by atoms with Gasteiger partial charge in [-0.3, -0.25) is 19.3 Å². The van der Waals surface area contributed by atoms with Crippen LogP contribution in [-0.4, -0.2) is 95.4 Å². The molecule has 0 saturated carbocycles. The minimum Gasteiger partial charge on any atom is -0.465 e. The van der Waals surface area contributed by atoms with Gasteiger partial charge in [0.2, 0.25) is 0 Å². The van der Waals surface area contributed by atoms with Crippen molar-refractivity contribution in [2.24, 2.45) is 10.8 Å². The van der Waals surface area contributed by atoms with Crippen LogP contribution in [0.1, 0.15) is 190 Å². The summed E-state index contributed by atoms with van der Waals surface area (Å²) in [5, 5.41) is 4.43. The van der Waals surface area contributed by atoms with E-state index < -0.39 is 22.4 Å². The number of unbranched alkanes of at least 4 members (excludes halogenated alkanes) is 3. The normalized spacial score (nSPS) is 31.6. The van der Waals surface area contributed by atoms with Crippen LogP contribution in [0.5, 0.6) is 0 Å². The third-order valence-electron chi connectivity index (χ3n) is 15.2. The van der Waals surface area contributed by atoms with E-state index in [4.69, 9.17) is 38.1 Å². The summed E-state index contributed by atoms with van der Waals surface area (Å²) in [5.74, 6) is -1.93. The van der Waals surface area contributed by atoms with Crippen LogP contribution in [0.15, 0.2) is 60.7 Å². The number of ether oxygens (including phenoxy) is 6. The smallest absolute Gasteiger partial charge is 0.305 e. The van der Waals surface area contributed by atoms with Gasteiger partial charge in [-0.05, 0) is 91.7 Å². The third kappa shape index (κ3) is 12.9. The Kier molecular flexibility index (Phi) is 17.2. The predicted octanol–water partition coefficient (Wildman–Crippen LogP) is 11.8. The lowest BCUT2D eigenvalue weighted by Gasteiger charge is -2.61. The van der Waals surface area contributed by atoms with Gasteiger partial charge in [0, 0.05) is 66.0 Å². The second-order valence-electron chi connectivity index (χ2n) is 22.9. The standard InChI is InChI=1S/C55H86N2O10/c1-13-52(12)34-54(32-48(6,7)56(52)66-42(4)44-26-20-18-21-27-44)62-38-50(10,39-63-54)36-60-46(58)30-24-16-17-25-31-47(59)61-37-51(11)40-64-55(65-41-51)33-49(8,9)57(53(14-2,15-3)35-55)67-43(5)45-28-22-19-23-29-45/h18-23,26-29,42-43H,13-17,24-25,30-41H2,1-12H3. The highest BCUT2D eigenvalue weighted by molar-refractivity contribution is 5.69. The summed E-state index contributed by atoms with van der Waals surface area (Å²) in [6.07, 6.45) is 8.84. The highest BCUT2D eigenvalue weighted by Crippen LogP contribution is 2.53. The summed E-state index contributed by atoms with van der Waals surface area (Å²) in [6.45, 7) is 28.3. The number of piperidine rings is 2. The van der Waals surface area contributed by atoms with E-state index in [1.165, 1.54) is 0 Å². The monoisotopic (exact) mass is 935 g/mol. The molecule has 0 aromatic heterocycles. The van der Waals surface area contributed by atoms with Gasteiger partial charge in [-0.15, -0.1) is 0 Å². The molecule has 0 radical (unpaired) electrons. The summed E-state index contributed by atoms with van der Waals surface area (Å²) in [5.41, 5.74) is 0.0808. The van der Waals surface area contributed by atoms with Gasteiger partial charge in [0.15, 0.2) is 11.6 Å². The van der Waals surface area contributed by atoms with Crippen molar-refractivity contribution in [3.05, 3.63) is 71.8 Å². The van der Waals surface area contributed by atoms with Crippen molar-refractivity contribution in [2.45, 2.75) is 212 Å². The Bertz CT molecular complexity index is 1890. The number of hydrogen-bond donors (Lipinski definition) is 0. The van der Waals surface area contributed by atoms with E-state index in [-0.39, 0.29) is 59.5 Å². The van der Waals surface area contributed by atoms with Gasteiger partial charge in [0.1, 0.15) is 25.4 Å². The van der Waals surface area contributed by atoms with Gasteiger partial charge in [0.05, 0.1) is 32.0 Å². The summed E-state index contributed by atoms with van der Waals surface area (Å²) in [6, 6.07) is 20.7. The molecule has 3 atom stereocenters. The number of benzene rings is 2. The SMILES string of the molecule is CCC1(C)CC2(CC(C)(C)N1OC(C)c1ccccc1)OCC(C)(COC(=O)CCCCCCC(=O)OCC1(C)COC3(CC(C)(C)N(OC(C)c4ccccc4)C(CC)(CC)C3)OC1)CO2. The molecular formula is C55H86N2O10. The minimum absolute atomic E-state index is 0.0953. The first-order valence-electron chi connectivity index (χ1n) is 25.5. The number of carbonyl (C=O) groups excluding carboxylic acids is 2. The van der Waals surface area contributed by atoms with Crippen molar-refractivity contribution < 1.29 is 47.7 Å². The van der Waals surface area contributed by atoms with Crippen molar-refractivity contribution in [3.63, 3.8) is 0 Å². The number of hydrogen-bond acceptors (Lipinski definition) is 12. The summed E-state index contributed by atoms with van der Waals surface area (Å²) >= 11 is 0. The molecule has 376 valence electrons. The van der Waals surface area contributed by atoms with Crippen molar-refractivity contribution in [1.29, 1.82) is 0 Å². The average Bonchev–Trinajstić information content (AvgIpc) is 3.31. The molecule has 0 aliphatic carbocycles. The first-order valence-corrected chi connectivity index (χ1v) is 25.5. The highest BCUT2D eigenvalue weighted by Gasteiger charge is 2.61. The molecular weight excluding hydrogens is 849 g/mol. The number of carbonyl (C=O) groups is 2. The number of hydroxylamine groups is 4. The third-order valence-corrected chi connectivity index (χ3v) is 15.2. The maximum Gasteiger partial charge on any atom is 0.305 e. The molecule has 2 aromatic carbocycles. The molecule has 0 amide bonds. The number of nitrogens with zero attached hydrogens (tertiary/aromatic N) is 2. The van der Waals surface area contributed by atoms with Gasteiger partial charge in [0.25, 0.3) is 0 Å². The van der Waals surface area contributed by atoms with E-state index in [9.17, 15) is 9.59 Å². The van der Waals surface area contributed by atoms with E-state index in [1.54, 1.807) is 0 Å². The molecule has 0 N–H and O–H groups in total. The zero-order chi connectivity index (χ0) is 48.8. The molecule has 4 fully saturated rings. The zero-order valence-electron chi connectivity index (χ0n) is 43.3. The van der Waals surface area contributed by atoms with Crippen LogP contribution in [0.3, 0.4) is 0 Å². The fraction of sp³-hybridized carbons (Fsp3) is 0.745. The molecule has 4 aliphatic rings. The summed E-state index contributed by atoms with van der Waals surface area (Å²) < 4.78 is 38.3. The summed E-state index contributed by atoms with van der Waals surface area (Å²) in [4.78, 5) is 39.2. The van der Waals surface area contributed by atoms with Crippen LogP contribution in [0.25, 0.3) is 0 Å². The molecule has 4 saturated heterocycles. The molecule has 12 heteroatoms. The second kappa shape index (κ2) is 21.6. The van der Waals surface area contributed by atoms with E-state index in [2.05, 4.69) is 130 Å². The van der Waals surface area contributed by atoms with Gasteiger partial charge in [-0.25, -0.2) is 0 Å². The maximum absolute atomic E-state index is 12.9. The lowest BCUT2D eigenvalue weighted by Crippen LogP contribution is -2.69. The molecule has 2 aromatic rings. The quantitative estimate of drug-likeness (QED) is 0.0930. The fourth-order valence-electron chi connectivity index (χ4n) is 11.2. The van der Waals surface area contributed by atoms with Crippen LogP contribution >= 0.6 is 0 Å². The second-order valence-corrected chi connectivity index (χ2v) is 22.9. The summed E-state index contributed by atoms with van der Waals surface area (Å²) in [7, 11) is 0. The number of esters is 2. The van der Waals surface area contributed by atoms with Crippen LogP contribution in [-0.2, 0) is 47.7 Å². The molecule has 4 aliphatic heterocycles. The van der Waals surface area contributed by atoms with Crippen LogP contribution in [0.2, 0.25) is 0 Å². The Morgan fingerprint density at radius 1 is 0.537 bits per heavy atom. The van der Waals surface area contributed by atoms with Gasteiger partial charge in [-0.2, -0.15) is 10.1 Å². The molecule has 6 rings (SSSR count). The Hall–Kier alpha value is -2.94. The Morgan fingerprint density at radius 3 is 1.33 bits per heavy atom. The molecule has 0 bridgehead atoms. The van der Waals surface area contributed by atoms with Crippen molar-refractivity contribution in [2.75, 3.05) is 39.6 Å². The fourth-order valence-corrected chi connectivity index (χ4v) is 11.2. The van der Waals surface area contributed by atoms with E-state index in [1.807, 2.05) is 24.3 Å². The topological polar surface area (TPSA) is 114 Å². The van der Waals surface area contributed by atoms with E-state index in [0.717, 1.165) is 43.2 Å². The lowest BCUT2D eigenvalue weighted by atomic mass is 9.72. The number of rotatable bonds is 20. The van der Waals surface area contributed by atoms with Crippen molar-refractivity contribution in [1.82, 2.24) is 10.1 Å². The Morgan fingerprint density at radius 2 is 0.925 bits per heavy atom.